The van der Waals surface area contributed by atoms with Gasteiger partial charge in [-0.3, -0.25) is 14.6 Å². The Hall–Kier alpha value is -4.53. The summed E-state index contributed by atoms with van der Waals surface area (Å²) in [6, 6.07) is 30.8. The molecule has 0 saturated carbocycles. The Morgan fingerprint density at radius 2 is 1.13 bits per heavy atom. The molecule has 3 aliphatic rings. The highest BCUT2D eigenvalue weighted by Gasteiger charge is 2.49. The molecule has 4 unspecified atom stereocenters. The minimum absolute atomic E-state index is 0.107. The average molecular weight is 656 g/mol. The standard InChI is InChI=1S/C36H32Cl2N4O4/c1-45-28-15-7-23(8-16-28)32-30(37)35(43)41(32)26-11-3-22(4-12-26)21-40-20-19-39-34(40)25-5-13-27(14-6-25)42-33(31(38)36(42)44)24-9-17-29(46-2)18-10-24/h3-18,30-33H,19-21H2,1-2H3. The number of nitrogens with zero attached hydrogens (tertiary/aromatic N) is 4. The van der Waals surface area contributed by atoms with Crippen LogP contribution in [0.3, 0.4) is 0 Å². The van der Waals surface area contributed by atoms with Gasteiger partial charge in [0.1, 0.15) is 28.1 Å². The number of rotatable bonds is 9. The summed E-state index contributed by atoms with van der Waals surface area (Å²) in [7, 11) is 3.25. The van der Waals surface area contributed by atoms with Crippen molar-refractivity contribution in [3.8, 4) is 11.5 Å². The molecule has 0 aliphatic carbocycles. The maximum Gasteiger partial charge on any atom is 0.248 e. The van der Waals surface area contributed by atoms with Crippen LogP contribution in [0.4, 0.5) is 11.4 Å². The summed E-state index contributed by atoms with van der Waals surface area (Å²) in [6.45, 7) is 2.18. The van der Waals surface area contributed by atoms with Gasteiger partial charge in [0.15, 0.2) is 0 Å². The highest BCUT2D eigenvalue weighted by molar-refractivity contribution is 6.38. The van der Waals surface area contributed by atoms with E-state index in [4.69, 9.17) is 37.7 Å². The summed E-state index contributed by atoms with van der Waals surface area (Å²) in [5, 5.41) is -1.22. The lowest BCUT2D eigenvalue weighted by molar-refractivity contribution is -0.124. The fourth-order valence-electron chi connectivity index (χ4n) is 6.39. The molecular weight excluding hydrogens is 623 g/mol. The first-order valence-corrected chi connectivity index (χ1v) is 16.0. The first-order valence-electron chi connectivity index (χ1n) is 15.1. The number of amidine groups is 1. The molecule has 0 spiro atoms. The number of ether oxygens (including phenoxy) is 2. The number of hydrogen-bond donors (Lipinski definition) is 0. The predicted octanol–water partition coefficient (Wildman–Crippen LogP) is 6.36. The Bertz CT molecular complexity index is 1780. The van der Waals surface area contributed by atoms with Gasteiger partial charge in [0, 0.05) is 30.0 Å². The van der Waals surface area contributed by atoms with Crippen LogP contribution >= 0.6 is 23.2 Å². The van der Waals surface area contributed by atoms with Crippen molar-refractivity contribution >= 4 is 52.2 Å². The van der Waals surface area contributed by atoms with Crippen LogP contribution < -0.4 is 19.3 Å². The van der Waals surface area contributed by atoms with Gasteiger partial charge in [-0.15, -0.1) is 23.2 Å². The van der Waals surface area contributed by atoms with Crippen molar-refractivity contribution in [3.63, 3.8) is 0 Å². The molecule has 8 nitrogen and oxygen atoms in total. The molecule has 3 heterocycles. The molecule has 46 heavy (non-hydrogen) atoms. The molecule has 234 valence electrons. The summed E-state index contributed by atoms with van der Waals surface area (Å²) < 4.78 is 10.5. The van der Waals surface area contributed by atoms with E-state index in [2.05, 4.69) is 4.90 Å². The first-order chi connectivity index (χ1) is 22.4. The molecule has 0 radical (unpaired) electrons. The normalized spacial score (nSPS) is 22.3. The minimum Gasteiger partial charge on any atom is -0.497 e. The minimum atomic E-state index is -0.613. The van der Waals surface area contributed by atoms with E-state index in [1.165, 1.54) is 0 Å². The lowest BCUT2D eigenvalue weighted by atomic mass is 9.92. The van der Waals surface area contributed by atoms with Gasteiger partial charge in [-0.2, -0.15) is 0 Å². The zero-order valence-corrected chi connectivity index (χ0v) is 26.9. The number of amides is 2. The van der Waals surface area contributed by atoms with Gasteiger partial charge in [0.2, 0.25) is 11.8 Å². The molecule has 0 aromatic heterocycles. The van der Waals surface area contributed by atoms with Crippen LogP contribution in [0.15, 0.2) is 102 Å². The Morgan fingerprint density at radius 1 is 0.674 bits per heavy atom. The third-order valence-electron chi connectivity index (χ3n) is 8.89. The second-order valence-corrected chi connectivity index (χ2v) is 12.4. The maximum atomic E-state index is 12.8. The monoisotopic (exact) mass is 654 g/mol. The predicted molar refractivity (Wildman–Crippen MR) is 180 cm³/mol. The van der Waals surface area contributed by atoms with Crippen molar-refractivity contribution in [1.29, 1.82) is 0 Å². The quantitative estimate of drug-likeness (QED) is 0.155. The molecule has 0 bridgehead atoms. The number of aliphatic imine (C=N–C) groups is 1. The van der Waals surface area contributed by atoms with Gasteiger partial charge in [-0.05, 0) is 77.4 Å². The van der Waals surface area contributed by atoms with E-state index in [0.29, 0.717) is 13.1 Å². The summed E-state index contributed by atoms with van der Waals surface area (Å²) in [5.74, 6) is 2.20. The van der Waals surface area contributed by atoms with Crippen molar-refractivity contribution in [2.75, 3.05) is 37.1 Å². The highest BCUT2D eigenvalue weighted by atomic mass is 35.5. The number of methoxy groups -OCH3 is 2. The second kappa shape index (κ2) is 12.3. The maximum absolute atomic E-state index is 12.8. The zero-order valence-electron chi connectivity index (χ0n) is 25.3. The lowest BCUT2D eigenvalue weighted by Crippen LogP contribution is -2.56. The Balaban J connectivity index is 1.03. The number of benzene rings is 4. The number of hydrogen-bond acceptors (Lipinski definition) is 6. The molecule has 4 atom stereocenters. The smallest absolute Gasteiger partial charge is 0.248 e. The lowest BCUT2D eigenvalue weighted by Gasteiger charge is -2.44. The van der Waals surface area contributed by atoms with Crippen LogP contribution in [0, 0.1) is 0 Å². The van der Waals surface area contributed by atoms with Crippen LogP contribution in [-0.2, 0) is 16.1 Å². The van der Waals surface area contributed by atoms with Gasteiger partial charge < -0.3 is 24.2 Å². The molecule has 10 heteroatoms. The molecule has 2 fully saturated rings. The van der Waals surface area contributed by atoms with E-state index in [1.807, 2.05) is 97.1 Å². The van der Waals surface area contributed by atoms with Crippen LogP contribution in [0.2, 0.25) is 0 Å². The van der Waals surface area contributed by atoms with E-state index in [9.17, 15) is 9.59 Å². The average Bonchev–Trinajstić information content (AvgIpc) is 3.57. The first kappa shape index (κ1) is 30.1. The van der Waals surface area contributed by atoms with E-state index in [0.717, 1.165) is 57.5 Å². The summed E-state index contributed by atoms with van der Waals surface area (Å²) >= 11 is 12.9. The fourth-order valence-corrected chi connectivity index (χ4v) is 7.11. The summed E-state index contributed by atoms with van der Waals surface area (Å²) in [5.41, 5.74) is 5.61. The van der Waals surface area contributed by atoms with Gasteiger partial charge >= 0.3 is 0 Å². The topological polar surface area (TPSA) is 74.7 Å². The van der Waals surface area contributed by atoms with Crippen molar-refractivity contribution < 1.29 is 19.1 Å². The van der Waals surface area contributed by atoms with E-state index in [1.54, 1.807) is 24.0 Å². The number of carbonyl (C=O) groups is 2. The summed E-state index contributed by atoms with van der Waals surface area (Å²) in [4.78, 5) is 36.1. The highest BCUT2D eigenvalue weighted by Crippen LogP contribution is 2.44. The number of β-lactam (4-membered cyclic amide) rings is 2. The van der Waals surface area contributed by atoms with Crippen molar-refractivity contribution in [1.82, 2.24) is 4.90 Å². The van der Waals surface area contributed by atoms with Crippen LogP contribution in [0.1, 0.15) is 34.3 Å². The molecule has 2 amide bonds. The van der Waals surface area contributed by atoms with E-state index >= 15 is 0 Å². The van der Waals surface area contributed by atoms with Crippen molar-refractivity contribution in [2.24, 2.45) is 4.99 Å². The Kier molecular flexibility index (Phi) is 8.09. The molecule has 4 aromatic rings. The third-order valence-corrected chi connectivity index (χ3v) is 9.75. The van der Waals surface area contributed by atoms with Crippen molar-refractivity contribution in [2.45, 2.75) is 29.4 Å². The van der Waals surface area contributed by atoms with Gasteiger partial charge in [0.25, 0.3) is 0 Å². The van der Waals surface area contributed by atoms with E-state index in [-0.39, 0.29) is 23.9 Å². The molecular formula is C36H32Cl2N4O4. The van der Waals surface area contributed by atoms with Gasteiger partial charge in [-0.1, -0.05) is 36.4 Å². The Labute approximate surface area is 277 Å². The van der Waals surface area contributed by atoms with E-state index < -0.39 is 10.8 Å². The van der Waals surface area contributed by atoms with Gasteiger partial charge in [-0.25, -0.2) is 0 Å². The fraction of sp³-hybridized carbons (Fsp3) is 0.250. The van der Waals surface area contributed by atoms with Crippen LogP contribution in [0.25, 0.3) is 0 Å². The molecule has 2 saturated heterocycles. The number of carbonyl (C=O) groups excluding carboxylic acids is 2. The van der Waals surface area contributed by atoms with Crippen LogP contribution in [-0.4, -0.2) is 60.6 Å². The number of halogens is 2. The Morgan fingerprint density at radius 3 is 1.59 bits per heavy atom. The van der Waals surface area contributed by atoms with Crippen molar-refractivity contribution in [3.05, 3.63) is 119 Å². The number of anilines is 2. The summed E-state index contributed by atoms with van der Waals surface area (Å²) in [6.07, 6.45) is 0. The number of alkyl halides is 2. The molecule has 0 N–H and O–H groups in total. The molecule has 7 rings (SSSR count). The zero-order chi connectivity index (χ0) is 31.9. The largest absolute Gasteiger partial charge is 0.497 e. The van der Waals surface area contributed by atoms with Gasteiger partial charge in [0.05, 0.1) is 32.8 Å². The SMILES string of the molecule is COc1ccc(C2C(Cl)C(=O)N2c2ccc(CN3CCN=C3c3ccc(N4C(=O)C(Cl)C4c4ccc(OC)cc4)cc3)cc2)cc1. The molecule has 3 aliphatic heterocycles. The molecule has 4 aromatic carbocycles. The second-order valence-electron chi connectivity index (χ2n) is 11.5. The van der Waals surface area contributed by atoms with Crippen LogP contribution in [0.5, 0.6) is 11.5 Å². The third kappa shape index (κ3) is 5.25.